The molecule has 0 saturated heterocycles. The molecule has 21 heavy (non-hydrogen) atoms. The van der Waals surface area contributed by atoms with Gasteiger partial charge in [-0.2, -0.15) is 0 Å². The zero-order valence-electron chi connectivity index (χ0n) is 11.9. The standard InChI is InChI=1S/C15H17ClN2O2S/c1-10-4-3-5-11(2)15(10)18-21(19,20)13-7-6-12(9-17)14(16)8-13/h3-8,18H,9,17H2,1-2H3. The summed E-state index contributed by atoms with van der Waals surface area (Å²) in [6.45, 7) is 3.98. The van der Waals surface area contributed by atoms with Crippen LogP contribution in [0.15, 0.2) is 41.3 Å². The van der Waals surface area contributed by atoms with Gasteiger partial charge in [0.1, 0.15) is 0 Å². The summed E-state index contributed by atoms with van der Waals surface area (Å²) in [6.07, 6.45) is 0. The van der Waals surface area contributed by atoms with Crippen molar-refractivity contribution in [3.05, 3.63) is 58.1 Å². The Kier molecular flexibility index (Phi) is 4.56. The summed E-state index contributed by atoms with van der Waals surface area (Å²) in [5.74, 6) is 0. The molecular weight excluding hydrogens is 308 g/mol. The quantitative estimate of drug-likeness (QED) is 0.907. The van der Waals surface area contributed by atoms with E-state index < -0.39 is 10.0 Å². The van der Waals surface area contributed by atoms with Crippen LogP contribution in [-0.2, 0) is 16.6 Å². The molecule has 0 aliphatic heterocycles. The fraction of sp³-hybridized carbons (Fsp3) is 0.200. The number of aryl methyl sites for hydroxylation is 2. The van der Waals surface area contributed by atoms with Crippen LogP contribution in [0.25, 0.3) is 0 Å². The molecule has 0 radical (unpaired) electrons. The number of anilines is 1. The summed E-state index contributed by atoms with van der Waals surface area (Å²) in [6, 6.07) is 10.1. The Morgan fingerprint density at radius 2 is 1.76 bits per heavy atom. The summed E-state index contributed by atoms with van der Waals surface area (Å²) in [5, 5.41) is 0.349. The average Bonchev–Trinajstić information content (AvgIpc) is 2.43. The predicted molar refractivity (Wildman–Crippen MR) is 86.1 cm³/mol. The van der Waals surface area contributed by atoms with Crippen molar-refractivity contribution in [1.82, 2.24) is 0 Å². The molecule has 0 aliphatic rings. The Morgan fingerprint density at radius 3 is 2.29 bits per heavy atom. The van der Waals surface area contributed by atoms with Gasteiger partial charge >= 0.3 is 0 Å². The number of hydrogen-bond donors (Lipinski definition) is 2. The third-order valence-corrected chi connectivity index (χ3v) is 4.97. The zero-order valence-corrected chi connectivity index (χ0v) is 13.4. The molecule has 0 amide bonds. The average molecular weight is 325 g/mol. The Labute approximate surface area is 130 Å². The van der Waals surface area contributed by atoms with Crippen LogP contribution in [0.2, 0.25) is 5.02 Å². The number of para-hydroxylation sites is 1. The second-order valence-electron chi connectivity index (χ2n) is 4.83. The van der Waals surface area contributed by atoms with E-state index in [2.05, 4.69) is 4.72 Å². The minimum atomic E-state index is -3.68. The van der Waals surface area contributed by atoms with Gasteiger partial charge in [-0.1, -0.05) is 35.9 Å². The molecule has 0 bridgehead atoms. The maximum atomic E-state index is 12.5. The van der Waals surface area contributed by atoms with Crippen molar-refractivity contribution >= 4 is 27.3 Å². The zero-order chi connectivity index (χ0) is 15.6. The lowest BCUT2D eigenvalue weighted by molar-refractivity contribution is 0.601. The normalized spacial score (nSPS) is 11.4. The second-order valence-corrected chi connectivity index (χ2v) is 6.92. The Bertz CT molecular complexity index is 753. The first-order valence-corrected chi connectivity index (χ1v) is 8.29. The Balaban J connectivity index is 2.41. The molecule has 112 valence electrons. The molecule has 0 heterocycles. The third-order valence-electron chi connectivity index (χ3n) is 3.27. The van der Waals surface area contributed by atoms with Crippen molar-refractivity contribution < 1.29 is 8.42 Å². The molecule has 0 aliphatic carbocycles. The van der Waals surface area contributed by atoms with E-state index in [-0.39, 0.29) is 11.4 Å². The molecule has 2 aromatic carbocycles. The predicted octanol–water partition coefficient (Wildman–Crippen LogP) is 3.22. The van der Waals surface area contributed by atoms with Crippen molar-refractivity contribution in [3.63, 3.8) is 0 Å². The first-order chi connectivity index (χ1) is 9.85. The lowest BCUT2D eigenvalue weighted by Crippen LogP contribution is -2.15. The highest BCUT2D eigenvalue weighted by Crippen LogP contribution is 2.25. The van der Waals surface area contributed by atoms with Crippen LogP contribution < -0.4 is 10.5 Å². The van der Waals surface area contributed by atoms with Gasteiger partial charge in [0.15, 0.2) is 0 Å². The van der Waals surface area contributed by atoms with Crippen molar-refractivity contribution in [2.24, 2.45) is 5.73 Å². The van der Waals surface area contributed by atoms with Gasteiger partial charge in [0.2, 0.25) is 0 Å². The largest absolute Gasteiger partial charge is 0.326 e. The fourth-order valence-corrected chi connectivity index (χ4v) is 3.58. The van der Waals surface area contributed by atoms with Crippen molar-refractivity contribution in [2.75, 3.05) is 4.72 Å². The van der Waals surface area contributed by atoms with Gasteiger partial charge in [0.05, 0.1) is 10.6 Å². The molecule has 0 aromatic heterocycles. The maximum absolute atomic E-state index is 12.5. The number of halogens is 1. The molecule has 0 spiro atoms. The van der Waals surface area contributed by atoms with Crippen molar-refractivity contribution in [2.45, 2.75) is 25.3 Å². The van der Waals surface area contributed by atoms with Crippen LogP contribution in [0.3, 0.4) is 0 Å². The monoisotopic (exact) mass is 324 g/mol. The van der Waals surface area contributed by atoms with E-state index in [1.165, 1.54) is 12.1 Å². The van der Waals surface area contributed by atoms with Crippen LogP contribution in [0.5, 0.6) is 0 Å². The number of benzene rings is 2. The van der Waals surface area contributed by atoms with E-state index in [0.717, 1.165) is 11.1 Å². The molecule has 6 heteroatoms. The van der Waals surface area contributed by atoms with E-state index in [4.69, 9.17) is 17.3 Å². The molecule has 0 atom stereocenters. The molecule has 0 fully saturated rings. The summed E-state index contributed by atoms with van der Waals surface area (Å²) >= 11 is 6.03. The topological polar surface area (TPSA) is 72.2 Å². The van der Waals surface area contributed by atoms with Crippen LogP contribution in [0.1, 0.15) is 16.7 Å². The van der Waals surface area contributed by atoms with Gasteiger partial charge in [0.25, 0.3) is 10.0 Å². The van der Waals surface area contributed by atoms with E-state index in [9.17, 15) is 8.42 Å². The van der Waals surface area contributed by atoms with Gasteiger partial charge in [-0.3, -0.25) is 4.72 Å². The number of hydrogen-bond acceptors (Lipinski definition) is 3. The van der Waals surface area contributed by atoms with E-state index >= 15 is 0 Å². The minimum absolute atomic E-state index is 0.118. The van der Waals surface area contributed by atoms with E-state index in [1.807, 2.05) is 32.0 Å². The number of sulfonamides is 1. The van der Waals surface area contributed by atoms with Gasteiger partial charge in [-0.05, 0) is 42.7 Å². The minimum Gasteiger partial charge on any atom is -0.326 e. The molecular formula is C15H17ClN2O2S. The Morgan fingerprint density at radius 1 is 1.14 bits per heavy atom. The van der Waals surface area contributed by atoms with Crippen LogP contribution in [0, 0.1) is 13.8 Å². The van der Waals surface area contributed by atoms with E-state index in [1.54, 1.807) is 6.07 Å². The summed E-state index contributed by atoms with van der Waals surface area (Å²) in [7, 11) is -3.68. The number of nitrogens with one attached hydrogen (secondary N) is 1. The number of nitrogens with two attached hydrogens (primary N) is 1. The Hall–Kier alpha value is -1.56. The number of rotatable bonds is 4. The molecule has 2 aromatic rings. The van der Waals surface area contributed by atoms with Crippen LogP contribution >= 0.6 is 11.6 Å². The summed E-state index contributed by atoms with van der Waals surface area (Å²) in [5.41, 5.74) is 8.56. The highest BCUT2D eigenvalue weighted by molar-refractivity contribution is 7.92. The van der Waals surface area contributed by atoms with E-state index in [0.29, 0.717) is 16.3 Å². The summed E-state index contributed by atoms with van der Waals surface area (Å²) < 4.78 is 27.5. The molecule has 3 N–H and O–H groups in total. The van der Waals surface area contributed by atoms with Crippen LogP contribution in [-0.4, -0.2) is 8.42 Å². The first kappa shape index (κ1) is 15.8. The van der Waals surface area contributed by atoms with Crippen molar-refractivity contribution in [3.8, 4) is 0 Å². The highest BCUT2D eigenvalue weighted by atomic mass is 35.5. The highest BCUT2D eigenvalue weighted by Gasteiger charge is 2.17. The van der Waals surface area contributed by atoms with Gasteiger partial charge in [-0.15, -0.1) is 0 Å². The second kappa shape index (κ2) is 6.05. The molecule has 0 unspecified atom stereocenters. The smallest absolute Gasteiger partial charge is 0.261 e. The lowest BCUT2D eigenvalue weighted by Gasteiger charge is -2.14. The van der Waals surface area contributed by atoms with Crippen molar-refractivity contribution in [1.29, 1.82) is 0 Å². The SMILES string of the molecule is Cc1cccc(C)c1NS(=O)(=O)c1ccc(CN)c(Cl)c1. The molecule has 0 saturated carbocycles. The van der Waals surface area contributed by atoms with Gasteiger partial charge in [-0.25, -0.2) is 8.42 Å². The lowest BCUT2D eigenvalue weighted by atomic mass is 10.1. The maximum Gasteiger partial charge on any atom is 0.261 e. The summed E-state index contributed by atoms with van der Waals surface area (Å²) in [4.78, 5) is 0.118. The third kappa shape index (κ3) is 3.37. The first-order valence-electron chi connectivity index (χ1n) is 6.42. The van der Waals surface area contributed by atoms with Crippen LogP contribution in [0.4, 0.5) is 5.69 Å². The fourth-order valence-electron chi connectivity index (χ4n) is 2.03. The molecule has 2 rings (SSSR count). The molecule has 4 nitrogen and oxygen atoms in total. The van der Waals surface area contributed by atoms with Gasteiger partial charge < -0.3 is 5.73 Å². The van der Waals surface area contributed by atoms with Gasteiger partial charge in [0, 0.05) is 11.6 Å².